The third-order valence-electron chi connectivity index (χ3n) is 2.34. The van der Waals surface area contributed by atoms with Gasteiger partial charge in [-0.2, -0.15) is 4.39 Å². The molecular formula is C13H11ClFNO2. The lowest BCUT2D eigenvalue weighted by Gasteiger charge is -2.10. The van der Waals surface area contributed by atoms with E-state index >= 15 is 0 Å². The molecule has 0 N–H and O–H groups in total. The topological polar surface area (TPSA) is 31.4 Å². The summed E-state index contributed by atoms with van der Waals surface area (Å²) in [5.74, 6) is 0.635. The van der Waals surface area contributed by atoms with Crippen molar-refractivity contribution in [2.45, 2.75) is 6.61 Å². The van der Waals surface area contributed by atoms with Crippen molar-refractivity contribution >= 4 is 11.6 Å². The van der Waals surface area contributed by atoms with Crippen molar-refractivity contribution in [3.05, 3.63) is 53.1 Å². The van der Waals surface area contributed by atoms with E-state index in [1.54, 1.807) is 25.3 Å². The van der Waals surface area contributed by atoms with Crippen molar-refractivity contribution in [2.75, 3.05) is 7.11 Å². The Balaban J connectivity index is 2.09. The van der Waals surface area contributed by atoms with Crippen LogP contribution in [0.5, 0.6) is 11.5 Å². The molecule has 18 heavy (non-hydrogen) atoms. The average molecular weight is 268 g/mol. The smallest absolute Gasteiger partial charge is 0.213 e. The molecule has 0 unspecified atom stereocenters. The minimum absolute atomic E-state index is 0.275. The first-order chi connectivity index (χ1) is 8.69. The number of hydrogen-bond acceptors (Lipinski definition) is 3. The van der Waals surface area contributed by atoms with Crippen LogP contribution in [-0.4, -0.2) is 12.1 Å². The van der Waals surface area contributed by atoms with Gasteiger partial charge in [0, 0.05) is 10.6 Å². The molecule has 1 aromatic carbocycles. The maximum atomic E-state index is 12.6. The van der Waals surface area contributed by atoms with Crippen molar-refractivity contribution in [2.24, 2.45) is 0 Å². The Hall–Kier alpha value is -1.81. The molecule has 0 amide bonds. The summed E-state index contributed by atoms with van der Waals surface area (Å²) >= 11 is 5.90. The first-order valence-electron chi connectivity index (χ1n) is 5.26. The molecule has 0 fully saturated rings. The molecule has 1 aromatic heterocycles. The molecule has 0 aliphatic carbocycles. The van der Waals surface area contributed by atoms with Gasteiger partial charge in [0.1, 0.15) is 18.1 Å². The lowest BCUT2D eigenvalue weighted by molar-refractivity contribution is 0.294. The van der Waals surface area contributed by atoms with Crippen molar-refractivity contribution in [3.63, 3.8) is 0 Å². The summed E-state index contributed by atoms with van der Waals surface area (Å²) < 4.78 is 23.3. The standard InChI is InChI=1S/C13H11ClFNO2/c1-17-12-4-2-10(14)6-9(12)8-18-11-3-5-13(15)16-7-11/h2-7H,8H2,1H3. The van der Waals surface area contributed by atoms with E-state index in [1.165, 1.54) is 18.3 Å². The maximum absolute atomic E-state index is 12.6. The number of benzene rings is 1. The van der Waals surface area contributed by atoms with Gasteiger partial charge in [0.05, 0.1) is 13.3 Å². The van der Waals surface area contributed by atoms with Crippen LogP contribution in [0.3, 0.4) is 0 Å². The van der Waals surface area contributed by atoms with Crippen LogP contribution in [0.1, 0.15) is 5.56 Å². The van der Waals surface area contributed by atoms with E-state index in [0.29, 0.717) is 16.5 Å². The van der Waals surface area contributed by atoms with E-state index < -0.39 is 5.95 Å². The zero-order chi connectivity index (χ0) is 13.0. The Morgan fingerprint density at radius 1 is 1.28 bits per heavy atom. The second-order valence-corrected chi connectivity index (χ2v) is 4.00. The minimum atomic E-state index is -0.539. The summed E-state index contributed by atoms with van der Waals surface area (Å²) in [7, 11) is 1.58. The van der Waals surface area contributed by atoms with Gasteiger partial charge in [0.15, 0.2) is 0 Å². The first kappa shape index (κ1) is 12.6. The van der Waals surface area contributed by atoms with Gasteiger partial charge in [0.2, 0.25) is 5.95 Å². The van der Waals surface area contributed by atoms with Gasteiger partial charge in [-0.05, 0) is 30.3 Å². The fraction of sp³-hybridized carbons (Fsp3) is 0.154. The zero-order valence-corrected chi connectivity index (χ0v) is 10.4. The molecule has 0 aliphatic rings. The number of rotatable bonds is 4. The fourth-order valence-electron chi connectivity index (χ4n) is 1.47. The Labute approximate surface area is 109 Å². The highest BCUT2D eigenvalue weighted by atomic mass is 35.5. The molecule has 0 bridgehead atoms. The Morgan fingerprint density at radius 3 is 2.78 bits per heavy atom. The van der Waals surface area contributed by atoms with E-state index in [2.05, 4.69) is 4.98 Å². The van der Waals surface area contributed by atoms with E-state index in [0.717, 1.165) is 5.56 Å². The molecule has 0 aliphatic heterocycles. The summed E-state index contributed by atoms with van der Waals surface area (Å²) in [5, 5.41) is 0.603. The summed E-state index contributed by atoms with van der Waals surface area (Å²) in [6.45, 7) is 0.275. The fourth-order valence-corrected chi connectivity index (χ4v) is 1.66. The highest BCUT2D eigenvalue weighted by molar-refractivity contribution is 6.30. The molecule has 3 nitrogen and oxygen atoms in total. The first-order valence-corrected chi connectivity index (χ1v) is 5.63. The number of nitrogens with zero attached hydrogens (tertiary/aromatic N) is 1. The maximum Gasteiger partial charge on any atom is 0.213 e. The average Bonchev–Trinajstić information content (AvgIpc) is 2.38. The molecular weight excluding hydrogens is 257 g/mol. The van der Waals surface area contributed by atoms with Crippen LogP contribution < -0.4 is 9.47 Å². The molecule has 2 rings (SSSR count). The third kappa shape index (κ3) is 3.11. The zero-order valence-electron chi connectivity index (χ0n) is 9.69. The number of halogens is 2. The number of hydrogen-bond donors (Lipinski definition) is 0. The highest BCUT2D eigenvalue weighted by Gasteiger charge is 2.05. The normalized spacial score (nSPS) is 10.2. The predicted molar refractivity (Wildman–Crippen MR) is 66.5 cm³/mol. The summed E-state index contributed by atoms with van der Waals surface area (Å²) in [4.78, 5) is 3.50. The Bertz CT molecular complexity index is 531. The molecule has 0 saturated carbocycles. The minimum Gasteiger partial charge on any atom is -0.496 e. The summed E-state index contributed by atoms with van der Waals surface area (Å²) in [6, 6.07) is 8.02. The summed E-state index contributed by atoms with van der Waals surface area (Å²) in [5.41, 5.74) is 0.814. The largest absolute Gasteiger partial charge is 0.496 e. The quantitative estimate of drug-likeness (QED) is 0.795. The van der Waals surface area contributed by atoms with Crippen molar-refractivity contribution in [1.29, 1.82) is 0 Å². The van der Waals surface area contributed by atoms with Gasteiger partial charge >= 0.3 is 0 Å². The number of aromatic nitrogens is 1. The highest BCUT2D eigenvalue weighted by Crippen LogP contribution is 2.24. The van der Waals surface area contributed by atoms with Gasteiger partial charge < -0.3 is 9.47 Å². The van der Waals surface area contributed by atoms with Crippen LogP contribution in [0.4, 0.5) is 4.39 Å². The van der Waals surface area contributed by atoms with Crippen LogP contribution in [0.25, 0.3) is 0 Å². The van der Waals surface area contributed by atoms with E-state index in [4.69, 9.17) is 21.1 Å². The van der Waals surface area contributed by atoms with Crippen LogP contribution in [0, 0.1) is 5.95 Å². The lowest BCUT2D eigenvalue weighted by atomic mass is 10.2. The monoisotopic (exact) mass is 267 g/mol. The molecule has 0 atom stereocenters. The van der Waals surface area contributed by atoms with Crippen LogP contribution in [-0.2, 0) is 6.61 Å². The van der Waals surface area contributed by atoms with E-state index in [9.17, 15) is 4.39 Å². The second-order valence-electron chi connectivity index (χ2n) is 3.56. The van der Waals surface area contributed by atoms with Gasteiger partial charge in [-0.15, -0.1) is 0 Å². The lowest BCUT2D eigenvalue weighted by Crippen LogP contribution is -1.99. The predicted octanol–water partition coefficient (Wildman–Crippen LogP) is 3.46. The molecule has 0 radical (unpaired) electrons. The SMILES string of the molecule is COc1ccc(Cl)cc1COc1ccc(F)nc1. The second kappa shape index (κ2) is 5.69. The van der Waals surface area contributed by atoms with Gasteiger partial charge in [-0.1, -0.05) is 11.6 Å². The molecule has 1 heterocycles. The van der Waals surface area contributed by atoms with Crippen molar-refractivity contribution in [1.82, 2.24) is 4.98 Å². The number of ether oxygens (including phenoxy) is 2. The van der Waals surface area contributed by atoms with Crippen LogP contribution >= 0.6 is 11.6 Å². The molecule has 2 aromatic rings. The van der Waals surface area contributed by atoms with Crippen LogP contribution in [0.15, 0.2) is 36.5 Å². The number of methoxy groups -OCH3 is 1. The summed E-state index contributed by atoms with van der Waals surface area (Å²) in [6.07, 6.45) is 1.33. The molecule has 5 heteroatoms. The molecule has 94 valence electrons. The van der Waals surface area contributed by atoms with E-state index in [-0.39, 0.29) is 6.61 Å². The van der Waals surface area contributed by atoms with Crippen molar-refractivity contribution < 1.29 is 13.9 Å². The van der Waals surface area contributed by atoms with Gasteiger partial charge in [0.25, 0.3) is 0 Å². The van der Waals surface area contributed by atoms with E-state index in [1.807, 2.05) is 0 Å². The third-order valence-corrected chi connectivity index (χ3v) is 2.57. The number of pyridine rings is 1. The van der Waals surface area contributed by atoms with Crippen LogP contribution in [0.2, 0.25) is 5.02 Å². The molecule has 0 spiro atoms. The Kier molecular flexibility index (Phi) is 3.99. The van der Waals surface area contributed by atoms with Gasteiger partial charge in [-0.3, -0.25) is 0 Å². The Morgan fingerprint density at radius 2 is 2.11 bits per heavy atom. The molecule has 0 saturated heterocycles. The van der Waals surface area contributed by atoms with Gasteiger partial charge in [-0.25, -0.2) is 4.98 Å². The van der Waals surface area contributed by atoms with Crippen molar-refractivity contribution in [3.8, 4) is 11.5 Å².